The highest BCUT2D eigenvalue weighted by Crippen LogP contribution is 2.39. The Morgan fingerprint density at radius 2 is 2.27 bits per heavy atom. The molecule has 0 saturated heterocycles. The number of carbonyl (C=O) groups excluding carboxylic acids is 1. The Hall–Kier alpha value is -2.48. The number of nitrogens with one attached hydrogen (secondary N) is 1. The Morgan fingerprint density at radius 3 is 3.04 bits per heavy atom. The molecular weight excluding hydrogens is 396 g/mol. The lowest BCUT2D eigenvalue weighted by atomic mass is 9.92. The van der Waals surface area contributed by atoms with Gasteiger partial charge in [0, 0.05) is 36.8 Å². The third kappa shape index (κ3) is 3.16. The van der Waals surface area contributed by atoms with Crippen LogP contribution in [0.25, 0.3) is 5.65 Å². The first kappa shape index (κ1) is 17.0. The fourth-order valence-corrected chi connectivity index (χ4v) is 3.97. The van der Waals surface area contributed by atoms with Crippen LogP contribution in [0.3, 0.4) is 0 Å². The number of aromatic nitrogens is 4. The molecule has 0 spiro atoms. The second kappa shape index (κ2) is 7.03. The maximum Gasteiger partial charge on any atom is 0.221 e. The minimum atomic E-state index is -0.244. The maximum atomic E-state index is 11.8. The van der Waals surface area contributed by atoms with Crippen molar-refractivity contribution in [3.63, 3.8) is 0 Å². The molecule has 26 heavy (non-hydrogen) atoms. The van der Waals surface area contributed by atoms with Gasteiger partial charge in [0.2, 0.25) is 5.91 Å². The first-order chi connectivity index (χ1) is 12.6. The highest BCUT2D eigenvalue weighted by molar-refractivity contribution is 9.10. The van der Waals surface area contributed by atoms with E-state index in [4.69, 9.17) is 10.7 Å². The Labute approximate surface area is 159 Å². The van der Waals surface area contributed by atoms with Crippen LogP contribution >= 0.6 is 15.9 Å². The third-order valence-electron chi connectivity index (χ3n) is 4.91. The fourth-order valence-electron chi connectivity index (χ4n) is 3.62. The molecule has 4 rings (SSSR count). The van der Waals surface area contributed by atoms with E-state index in [1.807, 2.05) is 24.4 Å². The van der Waals surface area contributed by atoms with Gasteiger partial charge in [-0.05, 0) is 40.4 Å². The van der Waals surface area contributed by atoms with E-state index in [2.05, 4.69) is 31.3 Å². The van der Waals surface area contributed by atoms with Crippen molar-refractivity contribution in [1.29, 1.82) is 0 Å². The molecule has 7 nitrogen and oxygen atoms in total. The van der Waals surface area contributed by atoms with Crippen LogP contribution in [0, 0.1) is 5.92 Å². The van der Waals surface area contributed by atoms with Crippen molar-refractivity contribution in [2.75, 3.05) is 5.32 Å². The summed E-state index contributed by atoms with van der Waals surface area (Å²) >= 11 is 3.51. The second-order valence-electron chi connectivity index (χ2n) is 6.56. The first-order valence-corrected chi connectivity index (χ1v) is 9.39. The molecule has 3 heterocycles. The molecular formula is C18H19BrN6O. The standard InChI is InChI=1S/C18H19BrN6O/c19-14-10-23-25-16(22-9-11-3-2-6-21-8-11)7-15(24-18(14)25)12-4-1-5-13(12)17(20)26/h2-3,6-8,10,12-13,22H,1,4-5,9H2,(H2,20,26)/t12?,13-/m1/s1. The van der Waals surface area contributed by atoms with Crippen molar-refractivity contribution >= 4 is 33.3 Å². The first-order valence-electron chi connectivity index (χ1n) is 8.60. The van der Waals surface area contributed by atoms with Gasteiger partial charge in [-0.1, -0.05) is 12.5 Å². The molecule has 3 N–H and O–H groups in total. The van der Waals surface area contributed by atoms with Crippen LogP contribution in [0.2, 0.25) is 0 Å². The zero-order valence-electron chi connectivity index (χ0n) is 14.1. The van der Waals surface area contributed by atoms with Gasteiger partial charge < -0.3 is 11.1 Å². The topological polar surface area (TPSA) is 98.2 Å². The van der Waals surface area contributed by atoms with E-state index in [0.717, 1.165) is 46.5 Å². The number of primary amides is 1. The number of nitrogens with two attached hydrogens (primary N) is 1. The number of hydrogen-bond acceptors (Lipinski definition) is 5. The molecule has 8 heteroatoms. The van der Waals surface area contributed by atoms with Gasteiger partial charge in [0.05, 0.1) is 16.4 Å². The van der Waals surface area contributed by atoms with Crippen LogP contribution < -0.4 is 11.1 Å². The molecule has 1 aliphatic carbocycles. The molecule has 1 saturated carbocycles. The van der Waals surface area contributed by atoms with E-state index in [9.17, 15) is 4.79 Å². The average Bonchev–Trinajstić information content (AvgIpc) is 3.28. The molecule has 3 aromatic rings. The average molecular weight is 415 g/mol. The van der Waals surface area contributed by atoms with Gasteiger partial charge in [-0.15, -0.1) is 0 Å². The molecule has 0 bridgehead atoms. The van der Waals surface area contributed by atoms with Crippen molar-refractivity contribution in [2.45, 2.75) is 31.7 Å². The number of halogens is 1. The van der Waals surface area contributed by atoms with Gasteiger partial charge in [-0.25, -0.2) is 4.98 Å². The molecule has 3 aromatic heterocycles. The maximum absolute atomic E-state index is 11.8. The predicted octanol–water partition coefficient (Wildman–Crippen LogP) is 2.87. The Bertz CT molecular complexity index is 942. The lowest BCUT2D eigenvalue weighted by molar-refractivity contribution is -0.122. The zero-order valence-corrected chi connectivity index (χ0v) is 15.7. The van der Waals surface area contributed by atoms with Crippen LogP contribution in [0.5, 0.6) is 0 Å². The largest absolute Gasteiger partial charge is 0.369 e. The monoisotopic (exact) mass is 414 g/mol. The van der Waals surface area contributed by atoms with Crippen molar-refractivity contribution < 1.29 is 4.79 Å². The zero-order chi connectivity index (χ0) is 18.1. The number of amides is 1. The summed E-state index contributed by atoms with van der Waals surface area (Å²) in [7, 11) is 0. The van der Waals surface area contributed by atoms with Crippen molar-refractivity contribution in [3.05, 3.63) is 52.5 Å². The third-order valence-corrected chi connectivity index (χ3v) is 5.47. The summed E-state index contributed by atoms with van der Waals surface area (Å²) in [5, 5.41) is 7.80. The molecule has 0 radical (unpaired) electrons. The quantitative estimate of drug-likeness (QED) is 0.668. The smallest absolute Gasteiger partial charge is 0.221 e. The van der Waals surface area contributed by atoms with Crippen LogP contribution in [-0.2, 0) is 11.3 Å². The molecule has 1 amide bonds. The number of pyridine rings is 1. The van der Waals surface area contributed by atoms with E-state index < -0.39 is 0 Å². The Balaban J connectivity index is 1.71. The summed E-state index contributed by atoms with van der Waals surface area (Å²) in [6.07, 6.45) is 8.04. The van der Waals surface area contributed by atoms with Crippen LogP contribution in [0.1, 0.15) is 36.4 Å². The van der Waals surface area contributed by atoms with Crippen LogP contribution in [0.15, 0.2) is 41.3 Å². The highest BCUT2D eigenvalue weighted by atomic mass is 79.9. The number of fused-ring (bicyclic) bond motifs is 1. The molecule has 0 aliphatic heterocycles. The van der Waals surface area contributed by atoms with Crippen molar-refractivity contribution in [1.82, 2.24) is 19.6 Å². The van der Waals surface area contributed by atoms with Crippen LogP contribution in [0.4, 0.5) is 5.82 Å². The van der Waals surface area contributed by atoms with E-state index in [-0.39, 0.29) is 17.7 Å². The lowest BCUT2D eigenvalue weighted by Crippen LogP contribution is -2.26. The second-order valence-corrected chi connectivity index (χ2v) is 7.41. The van der Waals surface area contributed by atoms with Gasteiger partial charge in [0.1, 0.15) is 5.82 Å². The SMILES string of the molecule is NC(=O)[C@@H]1CCCC1c1cc(NCc2cccnc2)n2ncc(Br)c2n1. The fraction of sp³-hybridized carbons (Fsp3) is 0.333. The van der Waals surface area contributed by atoms with Gasteiger partial charge in [0.15, 0.2) is 5.65 Å². The van der Waals surface area contributed by atoms with E-state index >= 15 is 0 Å². The Morgan fingerprint density at radius 1 is 1.38 bits per heavy atom. The van der Waals surface area contributed by atoms with Crippen molar-refractivity contribution in [3.8, 4) is 0 Å². The summed E-state index contributed by atoms with van der Waals surface area (Å²) in [5.41, 5.74) is 8.29. The Kier molecular flexibility index (Phi) is 4.58. The van der Waals surface area contributed by atoms with Gasteiger partial charge >= 0.3 is 0 Å². The van der Waals surface area contributed by atoms with Gasteiger partial charge in [-0.3, -0.25) is 9.78 Å². The summed E-state index contributed by atoms with van der Waals surface area (Å²) in [5.74, 6) is 0.484. The predicted molar refractivity (Wildman–Crippen MR) is 102 cm³/mol. The lowest BCUT2D eigenvalue weighted by Gasteiger charge is -2.18. The summed E-state index contributed by atoms with van der Waals surface area (Å²) in [6.45, 7) is 0.619. The highest BCUT2D eigenvalue weighted by Gasteiger charge is 2.34. The summed E-state index contributed by atoms with van der Waals surface area (Å²) in [4.78, 5) is 20.7. The number of rotatable bonds is 5. The molecule has 0 aromatic carbocycles. The van der Waals surface area contributed by atoms with Crippen LogP contribution in [-0.4, -0.2) is 25.5 Å². The van der Waals surface area contributed by atoms with E-state index in [1.165, 1.54) is 0 Å². The molecule has 134 valence electrons. The minimum absolute atomic E-state index is 0.0539. The summed E-state index contributed by atoms with van der Waals surface area (Å²) < 4.78 is 2.58. The molecule has 1 fully saturated rings. The van der Waals surface area contributed by atoms with Gasteiger partial charge in [0.25, 0.3) is 0 Å². The number of carbonyl (C=O) groups is 1. The summed E-state index contributed by atoms with van der Waals surface area (Å²) in [6, 6.07) is 5.90. The molecule has 1 unspecified atom stereocenters. The van der Waals surface area contributed by atoms with Gasteiger partial charge in [-0.2, -0.15) is 9.61 Å². The van der Waals surface area contributed by atoms with E-state index in [1.54, 1.807) is 16.9 Å². The minimum Gasteiger partial charge on any atom is -0.369 e. The number of nitrogens with zero attached hydrogens (tertiary/aromatic N) is 4. The molecule has 2 atom stereocenters. The van der Waals surface area contributed by atoms with E-state index in [0.29, 0.717) is 6.54 Å². The number of hydrogen-bond donors (Lipinski definition) is 2. The number of anilines is 1. The normalized spacial score (nSPS) is 19.7. The molecule has 1 aliphatic rings. The van der Waals surface area contributed by atoms with Crippen molar-refractivity contribution in [2.24, 2.45) is 11.7 Å².